The fourth-order valence-corrected chi connectivity index (χ4v) is 5.88. The maximum absolute atomic E-state index is 13.0. The molecule has 6 nitrogen and oxygen atoms in total. The van der Waals surface area contributed by atoms with Gasteiger partial charge in [0.05, 0.1) is 9.77 Å². The summed E-state index contributed by atoms with van der Waals surface area (Å²) in [5, 5.41) is 4.63. The number of aryl methyl sites for hydroxylation is 1. The molecule has 0 radical (unpaired) electrons. The van der Waals surface area contributed by atoms with Crippen LogP contribution in [0.4, 0.5) is 0 Å². The number of nitrogens with zero attached hydrogens (tertiary/aromatic N) is 3. The third kappa shape index (κ3) is 4.30. The number of benzene rings is 1. The van der Waals surface area contributed by atoms with E-state index in [1.54, 1.807) is 37.3 Å². The first-order chi connectivity index (χ1) is 13.4. The Bertz CT molecular complexity index is 1040. The first-order valence-electron chi connectivity index (χ1n) is 9.07. The first kappa shape index (κ1) is 21.0. The van der Waals surface area contributed by atoms with Gasteiger partial charge in [-0.25, -0.2) is 8.42 Å². The van der Waals surface area contributed by atoms with E-state index >= 15 is 0 Å². The lowest BCUT2D eigenvalue weighted by Crippen LogP contribution is -2.31. The molecule has 2 heterocycles. The smallest absolute Gasteiger partial charge is 0.268 e. The predicted molar refractivity (Wildman–Crippen MR) is 112 cm³/mol. The Morgan fingerprint density at radius 1 is 1.21 bits per heavy atom. The summed E-state index contributed by atoms with van der Waals surface area (Å²) in [6.07, 6.45) is 1.77. The standard InChI is InChI=1S/C19H22ClN3O3S2/c1-4-6-11-23(5-2)28(24,25)17-12-16(27-13(17)3)19-21-18(22-26-19)14-7-9-15(20)10-8-14/h7-10,12H,4-6,11H2,1-3H3. The van der Waals surface area contributed by atoms with Crippen LogP contribution in [0.1, 0.15) is 31.6 Å². The molecule has 0 amide bonds. The summed E-state index contributed by atoms with van der Waals surface area (Å²) in [6.45, 7) is 6.65. The van der Waals surface area contributed by atoms with E-state index in [1.807, 2.05) is 13.8 Å². The third-order valence-corrected chi connectivity index (χ3v) is 7.86. The molecule has 0 aliphatic carbocycles. The molecule has 3 aromatic rings. The van der Waals surface area contributed by atoms with E-state index in [1.165, 1.54) is 15.6 Å². The summed E-state index contributed by atoms with van der Waals surface area (Å²) >= 11 is 7.24. The Morgan fingerprint density at radius 3 is 2.57 bits per heavy atom. The van der Waals surface area contributed by atoms with Gasteiger partial charge in [0, 0.05) is 28.6 Å². The Morgan fingerprint density at radius 2 is 1.93 bits per heavy atom. The zero-order chi connectivity index (χ0) is 20.3. The molecule has 0 atom stereocenters. The monoisotopic (exact) mass is 439 g/mol. The second-order valence-electron chi connectivity index (χ2n) is 6.31. The van der Waals surface area contributed by atoms with Gasteiger partial charge in [-0.3, -0.25) is 0 Å². The van der Waals surface area contributed by atoms with Crippen molar-refractivity contribution in [1.82, 2.24) is 14.4 Å². The number of thiophene rings is 1. The van der Waals surface area contributed by atoms with Crippen molar-refractivity contribution in [3.05, 3.63) is 40.2 Å². The molecular formula is C19H22ClN3O3S2. The second kappa shape index (κ2) is 8.73. The minimum Gasteiger partial charge on any atom is -0.333 e. The molecule has 0 spiro atoms. The van der Waals surface area contributed by atoms with Crippen LogP contribution in [0.15, 0.2) is 39.8 Å². The van der Waals surface area contributed by atoms with Crippen molar-refractivity contribution >= 4 is 33.0 Å². The average Bonchev–Trinajstić information content (AvgIpc) is 3.30. The lowest BCUT2D eigenvalue weighted by Gasteiger charge is -2.19. The molecule has 0 saturated carbocycles. The van der Waals surface area contributed by atoms with Gasteiger partial charge in [-0.1, -0.05) is 37.0 Å². The van der Waals surface area contributed by atoms with Crippen LogP contribution in [-0.2, 0) is 10.0 Å². The van der Waals surface area contributed by atoms with Gasteiger partial charge < -0.3 is 4.52 Å². The zero-order valence-electron chi connectivity index (χ0n) is 16.0. The van der Waals surface area contributed by atoms with Crippen molar-refractivity contribution in [1.29, 1.82) is 0 Å². The van der Waals surface area contributed by atoms with Crippen molar-refractivity contribution < 1.29 is 12.9 Å². The molecule has 28 heavy (non-hydrogen) atoms. The van der Waals surface area contributed by atoms with Gasteiger partial charge >= 0.3 is 0 Å². The minimum absolute atomic E-state index is 0.302. The largest absolute Gasteiger partial charge is 0.333 e. The van der Waals surface area contributed by atoms with E-state index in [0.29, 0.717) is 44.5 Å². The normalized spacial score (nSPS) is 12.0. The summed E-state index contributed by atoms with van der Waals surface area (Å²) in [6, 6.07) is 8.74. The number of halogens is 1. The molecule has 3 rings (SSSR count). The van der Waals surface area contributed by atoms with Gasteiger partial charge in [-0.05, 0) is 43.7 Å². The van der Waals surface area contributed by atoms with Gasteiger partial charge in [-0.15, -0.1) is 11.3 Å². The van der Waals surface area contributed by atoms with Gasteiger partial charge in [0.1, 0.15) is 0 Å². The Labute approximate surface area is 174 Å². The minimum atomic E-state index is -3.55. The third-order valence-electron chi connectivity index (χ3n) is 4.34. The Balaban J connectivity index is 1.91. The number of hydrogen-bond donors (Lipinski definition) is 0. The van der Waals surface area contributed by atoms with E-state index in [-0.39, 0.29) is 0 Å². The fourth-order valence-electron chi connectivity index (χ4n) is 2.79. The van der Waals surface area contributed by atoms with Gasteiger partial charge in [0.25, 0.3) is 5.89 Å². The van der Waals surface area contributed by atoms with Crippen LogP contribution in [-0.4, -0.2) is 36.0 Å². The fraction of sp³-hybridized carbons (Fsp3) is 0.368. The van der Waals surface area contributed by atoms with Crippen molar-refractivity contribution in [2.75, 3.05) is 13.1 Å². The molecule has 2 aromatic heterocycles. The summed E-state index contributed by atoms with van der Waals surface area (Å²) in [4.78, 5) is 6.05. The highest BCUT2D eigenvalue weighted by Crippen LogP contribution is 2.35. The van der Waals surface area contributed by atoms with Crippen molar-refractivity contribution in [3.8, 4) is 22.2 Å². The Kier molecular flexibility index (Phi) is 6.54. The average molecular weight is 440 g/mol. The molecule has 150 valence electrons. The maximum Gasteiger partial charge on any atom is 0.268 e. The first-order valence-corrected chi connectivity index (χ1v) is 11.7. The van der Waals surface area contributed by atoms with Crippen LogP contribution in [0.25, 0.3) is 22.2 Å². The van der Waals surface area contributed by atoms with Crippen LogP contribution in [0.5, 0.6) is 0 Å². The molecule has 0 aliphatic rings. The van der Waals surface area contributed by atoms with Crippen LogP contribution in [0.3, 0.4) is 0 Å². The lowest BCUT2D eigenvalue weighted by molar-refractivity contribution is 0.419. The van der Waals surface area contributed by atoms with Crippen LogP contribution >= 0.6 is 22.9 Å². The number of aromatic nitrogens is 2. The summed E-state index contributed by atoms with van der Waals surface area (Å²) < 4.78 is 33.0. The molecule has 0 aliphatic heterocycles. The van der Waals surface area contributed by atoms with E-state index in [9.17, 15) is 8.42 Å². The van der Waals surface area contributed by atoms with E-state index < -0.39 is 10.0 Å². The number of hydrogen-bond acceptors (Lipinski definition) is 6. The topological polar surface area (TPSA) is 76.3 Å². The highest BCUT2D eigenvalue weighted by atomic mass is 35.5. The molecule has 0 N–H and O–H groups in total. The summed E-state index contributed by atoms with van der Waals surface area (Å²) in [5.74, 6) is 0.733. The summed E-state index contributed by atoms with van der Waals surface area (Å²) in [5.41, 5.74) is 0.775. The van der Waals surface area contributed by atoms with E-state index in [2.05, 4.69) is 10.1 Å². The molecular weight excluding hydrogens is 418 g/mol. The molecule has 0 fully saturated rings. The van der Waals surface area contributed by atoms with Crippen LogP contribution in [0, 0.1) is 6.92 Å². The second-order valence-corrected chi connectivity index (χ2v) is 9.91. The molecule has 0 unspecified atom stereocenters. The van der Waals surface area contributed by atoms with Crippen molar-refractivity contribution in [3.63, 3.8) is 0 Å². The van der Waals surface area contributed by atoms with Crippen molar-refractivity contribution in [2.24, 2.45) is 0 Å². The Hall–Kier alpha value is -1.74. The SMILES string of the molecule is CCCCN(CC)S(=O)(=O)c1cc(-c2nc(-c3ccc(Cl)cc3)no2)sc1C. The highest BCUT2D eigenvalue weighted by molar-refractivity contribution is 7.89. The highest BCUT2D eigenvalue weighted by Gasteiger charge is 2.27. The predicted octanol–water partition coefficient (Wildman–Crippen LogP) is 5.24. The number of unbranched alkanes of at least 4 members (excludes halogenated alkanes) is 1. The molecule has 9 heteroatoms. The molecule has 1 aromatic carbocycles. The van der Waals surface area contributed by atoms with Crippen LogP contribution < -0.4 is 0 Å². The quantitative estimate of drug-likeness (QED) is 0.479. The van der Waals surface area contributed by atoms with Crippen LogP contribution in [0.2, 0.25) is 5.02 Å². The van der Waals surface area contributed by atoms with E-state index in [0.717, 1.165) is 18.4 Å². The van der Waals surface area contributed by atoms with Gasteiger partial charge in [-0.2, -0.15) is 9.29 Å². The zero-order valence-corrected chi connectivity index (χ0v) is 18.4. The van der Waals surface area contributed by atoms with E-state index in [4.69, 9.17) is 16.1 Å². The number of rotatable bonds is 8. The number of sulfonamides is 1. The van der Waals surface area contributed by atoms with Crippen molar-refractivity contribution in [2.45, 2.75) is 38.5 Å². The molecule has 0 saturated heterocycles. The maximum atomic E-state index is 13.0. The summed E-state index contributed by atoms with van der Waals surface area (Å²) in [7, 11) is -3.55. The van der Waals surface area contributed by atoms with Gasteiger partial charge in [0.15, 0.2) is 0 Å². The lowest BCUT2D eigenvalue weighted by atomic mass is 10.2. The molecule has 0 bridgehead atoms. The van der Waals surface area contributed by atoms with Gasteiger partial charge in [0.2, 0.25) is 15.8 Å².